The van der Waals surface area contributed by atoms with Crippen molar-refractivity contribution >= 4 is 52.9 Å². The van der Waals surface area contributed by atoms with Crippen molar-refractivity contribution < 1.29 is 38.6 Å². The van der Waals surface area contributed by atoms with Crippen molar-refractivity contribution in [2.24, 2.45) is 0 Å². The van der Waals surface area contributed by atoms with E-state index < -0.39 is 42.3 Å². The van der Waals surface area contributed by atoms with E-state index in [4.69, 9.17) is 0 Å². The topological polar surface area (TPSA) is 190 Å². The van der Waals surface area contributed by atoms with Gasteiger partial charge in [-0.15, -0.1) is 0 Å². The molecule has 0 saturated carbocycles. The smallest absolute Gasteiger partial charge is 0.407 e. The molecule has 15 heteroatoms. The van der Waals surface area contributed by atoms with Crippen LogP contribution in [0.25, 0.3) is 0 Å². The molecule has 0 spiro atoms. The number of carbonyl (C=O) groups excluding carboxylic acids is 5. The normalized spacial score (nSPS) is 16.9. The van der Waals surface area contributed by atoms with Crippen LogP contribution in [-0.2, 0) is 37.0 Å². The van der Waals surface area contributed by atoms with Crippen LogP contribution in [0.15, 0.2) is 109 Å². The summed E-state index contributed by atoms with van der Waals surface area (Å²) in [5.41, 5.74) is 4.67. The quantitative estimate of drug-likeness (QED) is 0.0974. The number of nitrogens with one attached hydrogen (secondary N) is 4. The average molecular weight is 818 g/mol. The zero-order valence-corrected chi connectivity index (χ0v) is 33.7. The van der Waals surface area contributed by atoms with Crippen LogP contribution in [0.2, 0.25) is 0 Å². The minimum absolute atomic E-state index is 0.286. The maximum atomic E-state index is 13.6. The Hall–Kier alpha value is -6.90. The molecule has 0 radical (unpaired) electrons. The molecule has 60 heavy (non-hydrogen) atoms. The van der Waals surface area contributed by atoms with Gasteiger partial charge in [0.05, 0.1) is 7.11 Å². The van der Waals surface area contributed by atoms with E-state index in [1.165, 1.54) is 16.9 Å². The van der Waals surface area contributed by atoms with Crippen LogP contribution in [0.5, 0.6) is 0 Å². The summed E-state index contributed by atoms with van der Waals surface area (Å²) in [6.45, 7) is 3.66. The maximum Gasteiger partial charge on any atom is 0.407 e. The lowest BCUT2D eigenvalue weighted by Crippen LogP contribution is -2.52. The van der Waals surface area contributed by atoms with Gasteiger partial charge in [-0.2, -0.15) is 0 Å². The largest absolute Gasteiger partial charge is 0.465 e. The van der Waals surface area contributed by atoms with Crippen LogP contribution < -0.4 is 26.2 Å². The van der Waals surface area contributed by atoms with Crippen molar-refractivity contribution in [2.75, 3.05) is 35.7 Å². The van der Waals surface area contributed by atoms with Gasteiger partial charge >= 0.3 is 12.2 Å². The SMILES string of the molecule is CC[C@H](NC(=O)OC)C(=O)N1CCC[C@H]1C(=O)Nc1ccc(CN(Cc2ccc(NC(=O)[C@@H]3CCCN3C(=O)[C@H](NC(=O)O)c3ccccc3)cc2)c2ccccc2)cc1. The molecule has 2 fully saturated rings. The molecular formula is C45H51N7O8. The number of hydrogen-bond acceptors (Lipinski definition) is 8. The number of methoxy groups -OCH3 is 1. The number of rotatable bonds is 15. The van der Waals surface area contributed by atoms with Crippen molar-refractivity contribution in [3.8, 4) is 0 Å². The molecule has 314 valence electrons. The summed E-state index contributed by atoms with van der Waals surface area (Å²) in [4.78, 5) is 82.3. The number of nitrogens with zero attached hydrogens (tertiary/aromatic N) is 3. The molecule has 2 saturated heterocycles. The summed E-state index contributed by atoms with van der Waals surface area (Å²) >= 11 is 0. The van der Waals surface area contributed by atoms with Crippen LogP contribution in [0.3, 0.4) is 0 Å². The lowest BCUT2D eigenvalue weighted by Gasteiger charge is -2.28. The first-order valence-corrected chi connectivity index (χ1v) is 20.1. The molecule has 6 rings (SSSR count). The lowest BCUT2D eigenvalue weighted by atomic mass is 10.0. The minimum atomic E-state index is -1.33. The summed E-state index contributed by atoms with van der Waals surface area (Å²) in [6.07, 6.45) is 0.610. The van der Waals surface area contributed by atoms with Crippen LogP contribution in [0, 0.1) is 0 Å². The maximum absolute atomic E-state index is 13.6. The van der Waals surface area contributed by atoms with Crippen molar-refractivity contribution in [1.29, 1.82) is 0 Å². The van der Waals surface area contributed by atoms with Crippen molar-refractivity contribution in [2.45, 2.75) is 76.3 Å². The van der Waals surface area contributed by atoms with Gasteiger partial charge in [0.15, 0.2) is 0 Å². The Labute approximate surface area is 349 Å². The molecule has 4 aromatic rings. The molecule has 0 unspecified atom stereocenters. The van der Waals surface area contributed by atoms with Crippen molar-refractivity contribution in [3.05, 3.63) is 126 Å². The van der Waals surface area contributed by atoms with Gasteiger partial charge in [0.25, 0.3) is 5.91 Å². The zero-order valence-electron chi connectivity index (χ0n) is 33.7. The monoisotopic (exact) mass is 817 g/mol. The molecule has 6 amide bonds. The van der Waals surface area contributed by atoms with Gasteiger partial charge in [-0.25, -0.2) is 9.59 Å². The van der Waals surface area contributed by atoms with Gasteiger partial charge in [-0.3, -0.25) is 19.2 Å². The number of carbonyl (C=O) groups is 6. The Morgan fingerprint density at radius 2 is 1.17 bits per heavy atom. The summed E-state index contributed by atoms with van der Waals surface area (Å²) in [7, 11) is 1.24. The van der Waals surface area contributed by atoms with Crippen LogP contribution in [-0.4, -0.2) is 89.0 Å². The minimum Gasteiger partial charge on any atom is -0.465 e. The van der Waals surface area contributed by atoms with Gasteiger partial charge in [0, 0.05) is 43.2 Å². The third kappa shape index (κ3) is 10.8. The van der Waals surface area contributed by atoms with Gasteiger partial charge in [0.2, 0.25) is 17.7 Å². The number of carboxylic acid groups (broad SMARTS) is 1. The number of alkyl carbamates (subject to hydrolysis) is 1. The van der Waals surface area contributed by atoms with Gasteiger partial charge < -0.3 is 45.8 Å². The highest BCUT2D eigenvalue weighted by Crippen LogP contribution is 2.27. The summed E-state index contributed by atoms with van der Waals surface area (Å²) in [5, 5.41) is 20.2. The highest BCUT2D eigenvalue weighted by Gasteiger charge is 2.39. The van der Waals surface area contributed by atoms with E-state index in [-0.39, 0.29) is 17.7 Å². The molecule has 4 aromatic carbocycles. The van der Waals surface area contributed by atoms with E-state index >= 15 is 0 Å². The summed E-state index contributed by atoms with van der Waals surface area (Å²) in [6, 6.07) is 30.4. The molecular weight excluding hydrogens is 767 g/mol. The number of ether oxygens (including phenoxy) is 1. The molecule has 2 aliphatic heterocycles. The van der Waals surface area contributed by atoms with E-state index in [1.54, 1.807) is 37.3 Å². The first kappa shape index (κ1) is 42.7. The van der Waals surface area contributed by atoms with Crippen molar-refractivity contribution in [3.63, 3.8) is 0 Å². The molecule has 15 nitrogen and oxygen atoms in total. The van der Waals surface area contributed by atoms with E-state index in [0.717, 1.165) is 16.8 Å². The Kier molecular flexibility index (Phi) is 14.4. The molecule has 2 aliphatic rings. The molecule has 0 aliphatic carbocycles. The number of benzene rings is 4. The second-order valence-corrected chi connectivity index (χ2v) is 14.8. The Bertz CT molecular complexity index is 2120. The number of amides is 6. The van der Waals surface area contributed by atoms with E-state index in [0.29, 0.717) is 75.2 Å². The second kappa shape index (κ2) is 20.2. The van der Waals surface area contributed by atoms with Crippen LogP contribution >= 0.6 is 0 Å². The third-order valence-electron chi connectivity index (χ3n) is 10.8. The number of likely N-dealkylation sites (tertiary alicyclic amines) is 2. The second-order valence-electron chi connectivity index (χ2n) is 14.8. The van der Waals surface area contributed by atoms with Crippen LogP contribution in [0.4, 0.5) is 26.7 Å². The Balaban J connectivity index is 1.07. The Morgan fingerprint density at radius 1 is 0.683 bits per heavy atom. The third-order valence-corrected chi connectivity index (χ3v) is 10.8. The fourth-order valence-electron chi connectivity index (χ4n) is 7.72. The number of para-hydroxylation sites is 1. The fraction of sp³-hybridized carbons (Fsp3) is 0.333. The van der Waals surface area contributed by atoms with E-state index in [9.17, 15) is 33.9 Å². The van der Waals surface area contributed by atoms with Crippen LogP contribution in [0.1, 0.15) is 61.8 Å². The predicted molar refractivity (Wildman–Crippen MR) is 226 cm³/mol. The van der Waals surface area contributed by atoms with Gasteiger partial charge in [-0.05, 0) is 85.2 Å². The Morgan fingerprint density at radius 3 is 1.63 bits per heavy atom. The molecule has 0 aromatic heterocycles. The predicted octanol–water partition coefficient (Wildman–Crippen LogP) is 5.90. The highest BCUT2D eigenvalue weighted by atomic mass is 16.5. The standard InChI is InChI=1S/C45H51N7O8/c1-3-36(48-45(59)60-2)42(55)51-26-10-16-37(51)40(53)46-33-22-18-30(19-23-33)28-50(35-14-8-5-9-15-35)29-31-20-24-34(25-21-31)47-41(54)38-17-11-27-52(38)43(56)39(49-44(57)58)32-12-6-4-7-13-32/h4-9,12-15,18-25,36-39,49H,3,10-11,16-17,26-29H2,1-2H3,(H,46,53)(H,47,54)(H,48,59)(H,57,58)/t36-,37-,38-,39+/m0/s1. The molecule has 5 N–H and O–H groups in total. The van der Waals surface area contributed by atoms with Gasteiger partial charge in [-0.1, -0.05) is 79.7 Å². The van der Waals surface area contributed by atoms with Gasteiger partial charge in [0.1, 0.15) is 24.2 Å². The summed E-state index contributed by atoms with van der Waals surface area (Å²) < 4.78 is 4.66. The first-order chi connectivity index (χ1) is 29.0. The number of hydrogen-bond donors (Lipinski definition) is 5. The lowest BCUT2D eigenvalue weighted by molar-refractivity contribution is -0.138. The van der Waals surface area contributed by atoms with E-state index in [2.05, 4.69) is 30.9 Å². The highest BCUT2D eigenvalue weighted by molar-refractivity contribution is 5.99. The summed E-state index contributed by atoms with van der Waals surface area (Å²) in [5.74, 6) is -1.41. The molecule has 4 atom stereocenters. The average Bonchev–Trinajstić information content (AvgIpc) is 3.97. The molecule has 2 heterocycles. The number of anilines is 3. The fourth-order valence-corrected chi connectivity index (χ4v) is 7.72. The zero-order chi connectivity index (χ0) is 42.6. The first-order valence-electron chi connectivity index (χ1n) is 20.1. The van der Waals surface area contributed by atoms with Crippen molar-refractivity contribution in [1.82, 2.24) is 20.4 Å². The molecule has 0 bridgehead atoms. The van der Waals surface area contributed by atoms with E-state index in [1.807, 2.05) is 78.9 Å².